The van der Waals surface area contributed by atoms with Gasteiger partial charge in [0.05, 0.1) is 0 Å². The van der Waals surface area contributed by atoms with Gasteiger partial charge in [-0.15, -0.1) is 0 Å². The van der Waals surface area contributed by atoms with Crippen LogP contribution in [0.5, 0.6) is 11.5 Å². The summed E-state index contributed by atoms with van der Waals surface area (Å²) in [4.78, 5) is 11.2. The number of carbonyl (C=O) groups is 1. The van der Waals surface area contributed by atoms with Gasteiger partial charge in [0.1, 0.15) is 0 Å². The Hall–Kier alpha value is -1.71. The summed E-state index contributed by atoms with van der Waals surface area (Å²) >= 11 is 0. The van der Waals surface area contributed by atoms with Crippen molar-refractivity contribution in [3.63, 3.8) is 0 Å². The van der Waals surface area contributed by atoms with Crippen molar-refractivity contribution in [1.29, 1.82) is 0 Å². The fourth-order valence-corrected chi connectivity index (χ4v) is 1.18. The molecule has 0 radical (unpaired) electrons. The molecule has 1 aliphatic rings. The third kappa shape index (κ3) is 1.30. The topological polar surface area (TPSA) is 47.6 Å². The lowest BCUT2D eigenvalue weighted by molar-refractivity contribution is 0.0962. The number of ether oxygens (including phenoxy) is 2. The Morgan fingerprint density at radius 1 is 1.38 bits per heavy atom. The zero-order valence-electron chi connectivity index (χ0n) is 7.16. The van der Waals surface area contributed by atoms with E-state index in [1.807, 2.05) is 0 Å². The second-order valence-electron chi connectivity index (χ2n) is 2.65. The standard InChI is InChI=1S/C9H9NO3/c1-10-9(11)6-2-3-7-8(4-6)13-5-12-7/h2-4H,5H2,1H3,(H,10,11). The van der Waals surface area contributed by atoms with Crippen LogP contribution >= 0.6 is 0 Å². The highest BCUT2D eigenvalue weighted by molar-refractivity contribution is 5.94. The predicted molar refractivity (Wildman–Crippen MR) is 46.0 cm³/mol. The van der Waals surface area contributed by atoms with E-state index in [2.05, 4.69) is 5.32 Å². The molecule has 0 aliphatic carbocycles. The maximum atomic E-state index is 11.2. The fraction of sp³-hybridized carbons (Fsp3) is 0.222. The molecule has 0 unspecified atom stereocenters. The van der Waals surface area contributed by atoms with Gasteiger partial charge >= 0.3 is 0 Å². The van der Waals surface area contributed by atoms with E-state index < -0.39 is 0 Å². The molecule has 0 aromatic heterocycles. The van der Waals surface area contributed by atoms with Crippen LogP contribution in [0.25, 0.3) is 0 Å². The molecule has 2 rings (SSSR count). The molecule has 4 heteroatoms. The molecule has 1 aromatic rings. The summed E-state index contributed by atoms with van der Waals surface area (Å²) in [5, 5.41) is 2.54. The van der Waals surface area contributed by atoms with Gasteiger partial charge in [-0.05, 0) is 18.2 Å². The molecule has 0 spiro atoms. The molecule has 0 fully saturated rings. The molecule has 0 saturated carbocycles. The van der Waals surface area contributed by atoms with Crippen molar-refractivity contribution in [3.8, 4) is 11.5 Å². The maximum absolute atomic E-state index is 11.2. The van der Waals surface area contributed by atoms with E-state index >= 15 is 0 Å². The summed E-state index contributed by atoms with van der Waals surface area (Å²) in [5.41, 5.74) is 0.576. The Labute approximate surface area is 75.5 Å². The number of hydrogen-bond acceptors (Lipinski definition) is 3. The normalized spacial score (nSPS) is 12.7. The molecule has 1 heterocycles. The SMILES string of the molecule is CNC(=O)c1ccc2c(c1)OCO2. The summed E-state index contributed by atoms with van der Waals surface area (Å²) in [6, 6.07) is 5.10. The van der Waals surface area contributed by atoms with Crippen molar-refractivity contribution in [1.82, 2.24) is 5.32 Å². The van der Waals surface area contributed by atoms with Crippen LogP contribution in [0.3, 0.4) is 0 Å². The van der Waals surface area contributed by atoms with Gasteiger partial charge in [0.15, 0.2) is 11.5 Å². The van der Waals surface area contributed by atoms with Gasteiger partial charge in [0.2, 0.25) is 6.79 Å². The Balaban J connectivity index is 2.36. The average Bonchev–Trinajstić information content (AvgIpc) is 2.63. The molecule has 13 heavy (non-hydrogen) atoms. The van der Waals surface area contributed by atoms with Crippen molar-refractivity contribution in [2.75, 3.05) is 13.8 Å². The molecular weight excluding hydrogens is 170 g/mol. The molecule has 68 valence electrons. The van der Waals surface area contributed by atoms with Crippen molar-refractivity contribution >= 4 is 5.91 Å². The monoisotopic (exact) mass is 179 g/mol. The lowest BCUT2D eigenvalue weighted by Gasteiger charge is -2.00. The van der Waals surface area contributed by atoms with E-state index in [9.17, 15) is 4.79 Å². The minimum Gasteiger partial charge on any atom is -0.454 e. The number of rotatable bonds is 1. The van der Waals surface area contributed by atoms with Gasteiger partial charge in [-0.25, -0.2) is 0 Å². The molecule has 0 saturated heterocycles. The van der Waals surface area contributed by atoms with Crippen LogP contribution in [0, 0.1) is 0 Å². The highest BCUT2D eigenvalue weighted by Crippen LogP contribution is 2.32. The van der Waals surface area contributed by atoms with Crippen molar-refractivity contribution in [3.05, 3.63) is 23.8 Å². The van der Waals surface area contributed by atoms with Gasteiger partial charge in [-0.3, -0.25) is 4.79 Å². The summed E-state index contributed by atoms with van der Waals surface area (Å²) in [7, 11) is 1.59. The van der Waals surface area contributed by atoms with Gasteiger partial charge < -0.3 is 14.8 Å². The summed E-state index contributed by atoms with van der Waals surface area (Å²) < 4.78 is 10.2. The first-order valence-corrected chi connectivity index (χ1v) is 3.93. The molecule has 1 amide bonds. The van der Waals surface area contributed by atoms with Crippen LogP contribution in [0.2, 0.25) is 0 Å². The fourth-order valence-electron chi connectivity index (χ4n) is 1.18. The van der Waals surface area contributed by atoms with Crippen LogP contribution < -0.4 is 14.8 Å². The minimum absolute atomic E-state index is 0.127. The van der Waals surface area contributed by atoms with Crippen molar-refractivity contribution < 1.29 is 14.3 Å². The largest absolute Gasteiger partial charge is 0.454 e. The third-order valence-electron chi connectivity index (χ3n) is 1.86. The van der Waals surface area contributed by atoms with Crippen molar-refractivity contribution in [2.45, 2.75) is 0 Å². The number of benzene rings is 1. The molecule has 4 nitrogen and oxygen atoms in total. The van der Waals surface area contributed by atoms with Gasteiger partial charge in [-0.1, -0.05) is 0 Å². The molecule has 0 atom stereocenters. The highest BCUT2D eigenvalue weighted by Gasteiger charge is 2.15. The first-order valence-electron chi connectivity index (χ1n) is 3.93. The average molecular weight is 179 g/mol. The third-order valence-corrected chi connectivity index (χ3v) is 1.86. The summed E-state index contributed by atoms with van der Waals surface area (Å²) in [5.74, 6) is 1.19. The van der Waals surface area contributed by atoms with E-state index in [1.165, 1.54) is 0 Å². The Morgan fingerprint density at radius 3 is 2.92 bits per heavy atom. The Kier molecular flexibility index (Phi) is 1.81. The highest BCUT2D eigenvalue weighted by atomic mass is 16.7. The maximum Gasteiger partial charge on any atom is 0.251 e. The summed E-state index contributed by atoms with van der Waals surface area (Å²) in [6.45, 7) is 0.229. The van der Waals surface area contributed by atoms with Crippen LogP contribution in [-0.2, 0) is 0 Å². The number of fused-ring (bicyclic) bond motifs is 1. The Morgan fingerprint density at radius 2 is 2.15 bits per heavy atom. The second-order valence-corrected chi connectivity index (χ2v) is 2.65. The minimum atomic E-state index is -0.127. The van der Waals surface area contributed by atoms with E-state index in [0.29, 0.717) is 17.1 Å². The first kappa shape index (κ1) is 7.91. The number of amides is 1. The Bertz CT molecular complexity index is 349. The smallest absolute Gasteiger partial charge is 0.251 e. The molecule has 1 aromatic carbocycles. The molecule has 1 aliphatic heterocycles. The number of carbonyl (C=O) groups excluding carboxylic acids is 1. The van der Waals surface area contributed by atoms with Crippen LogP contribution in [0.4, 0.5) is 0 Å². The lowest BCUT2D eigenvalue weighted by atomic mass is 10.2. The van der Waals surface area contributed by atoms with Gasteiger partial charge in [0.25, 0.3) is 5.91 Å². The van der Waals surface area contributed by atoms with Crippen LogP contribution in [0.15, 0.2) is 18.2 Å². The quantitative estimate of drug-likeness (QED) is 0.692. The van der Waals surface area contributed by atoms with Crippen LogP contribution in [0.1, 0.15) is 10.4 Å². The molecule has 0 bridgehead atoms. The van der Waals surface area contributed by atoms with E-state index in [-0.39, 0.29) is 12.7 Å². The van der Waals surface area contributed by atoms with E-state index in [0.717, 1.165) is 0 Å². The van der Waals surface area contributed by atoms with E-state index in [1.54, 1.807) is 25.2 Å². The lowest BCUT2D eigenvalue weighted by Crippen LogP contribution is -2.17. The second kappa shape index (κ2) is 2.97. The van der Waals surface area contributed by atoms with E-state index in [4.69, 9.17) is 9.47 Å². The van der Waals surface area contributed by atoms with Crippen molar-refractivity contribution in [2.24, 2.45) is 0 Å². The zero-order valence-corrected chi connectivity index (χ0v) is 7.16. The zero-order chi connectivity index (χ0) is 9.26. The molecule has 1 N–H and O–H groups in total. The van der Waals surface area contributed by atoms with Crippen LogP contribution in [-0.4, -0.2) is 19.7 Å². The van der Waals surface area contributed by atoms with Gasteiger partial charge in [0, 0.05) is 12.6 Å². The number of hydrogen-bond donors (Lipinski definition) is 1. The molecular formula is C9H9NO3. The predicted octanol–water partition coefficient (Wildman–Crippen LogP) is 0.775. The number of nitrogens with one attached hydrogen (secondary N) is 1. The van der Waals surface area contributed by atoms with Gasteiger partial charge in [-0.2, -0.15) is 0 Å². The first-order chi connectivity index (χ1) is 6.31. The summed E-state index contributed by atoms with van der Waals surface area (Å²) in [6.07, 6.45) is 0.